The SMILES string of the molecule is COC(=O)c1sc(NC(=O)/C=C/c2cc3ccccc3o2)nc1C. The molecule has 0 aliphatic rings. The number of aromatic nitrogens is 1. The number of furan rings is 1. The number of hydrogen-bond acceptors (Lipinski definition) is 6. The van der Waals surface area contributed by atoms with Crippen LogP contribution in [-0.4, -0.2) is 24.0 Å². The molecule has 2 aromatic heterocycles. The first-order valence-electron chi connectivity index (χ1n) is 7.10. The van der Waals surface area contributed by atoms with Gasteiger partial charge in [-0.05, 0) is 25.1 Å². The molecule has 0 saturated carbocycles. The summed E-state index contributed by atoms with van der Waals surface area (Å²) in [6.45, 7) is 1.68. The fourth-order valence-corrected chi connectivity index (χ4v) is 3.01. The van der Waals surface area contributed by atoms with Gasteiger partial charge in [0.15, 0.2) is 5.13 Å². The lowest BCUT2D eigenvalue weighted by atomic mass is 10.2. The summed E-state index contributed by atoms with van der Waals surface area (Å²) in [7, 11) is 1.30. The third-order valence-corrected chi connectivity index (χ3v) is 4.29. The predicted molar refractivity (Wildman–Crippen MR) is 92.1 cm³/mol. The van der Waals surface area contributed by atoms with Crippen molar-refractivity contribution >= 4 is 45.4 Å². The van der Waals surface area contributed by atoms with E-state index in [1.807, 2.05) is 30.3 Å². The van der Waals surface area contributed by atoms with E-state index in [0.29, 0.717) is 21.5 Å². The monoisotopic (exact) mass is 342 g/mol. The van der Waals surface area contributed by atoms with Gasteiger partial charge in [0.2, 0.25) is 5.91 Å². The molecule has 0 spiro atoms. The Hall–Kier alpha value is -2.93. The van der Waals surface area contributed by atoms with Crippen LogP contribution in [0.4, 0.5) is 5.13 Å². The first kappa shape index (κ1) is 15.9. The largest absolute Gasteiger partial charge is 0.465 e. The molecule has 7 heteroatoms. The van der Waals surface area contributed by atoms with Gasteiger partial charge < -0.3 is 9.15 Å². The number of rotatable bonds is 4. The van der Waals surface area contributed by atoms with Gasteiger partial charge in [-0.1, -0.05) is 29.5 Å². The molecule has 122 valence electrons. The zero-order valence-electron chi connectivity index (χ0n) is 13.0. The topological polar surface area (TPSA) is 81.4 Å². The quantitative estimate of drug-likeness (QED) is 0.578. The first-order chi connectivity index (χ1) is 11.6. The molecular weight excluding hydrogens is 328 g/mol. The first-order valence-corrected chi connectivity index (χ1v) is 7.92. The number of ether oxygens (including phenoxy) is 1. The number of para-hydroxylation sites is 1. The van der Waals surface area contributed by atoms with Crippen molar-refractivity contribution < 1.29 is 18.7 Å². The van der Waals surface area contributed by atoms with Crippen LogP contribution in [0.25, 0.3) is 17.0 Å². The number of aryl methyl sites for hydroxylation is 1. The molecule has 0 saturated heterocycles. The Labute approximate surface area is 141 Å². The van der Waals surface area contributed by atoms with E-state index in [9.17, 15) is 9.59 Å². The van der Waals surface area contributed by atoms with Crippen molar-refractivity contribution in [2.24, 2.45) is 0 Å². The van der Waals surface area contributed by atoms with Crippen molar-refractivity contribution in [2.45, 2.75) is 6.92 Å². The molecule has 0 radical (unpaired) electrons. The van der Waals surface area contributed by atoms with Crippen LogP contribution in [0.3, 0.4) is 0 Å². The average Bonchev–Trinajstić information content (AvgIpc) is 3.15. The van der Waals surface area contributed by atoms with E-state index in [1.54, 1.807) is 13.0 Å². The van der Waals surface area contributed by atoms with Crippen LogP contribution in [0.1, 0.15) is 21.1 Å². The zero-order valence-corrected chi connectivity index (χ0v) is 13.8. The van der Waals surface area contributed by atoms with Crippen molar-refractivity contribution in [1.82, 2.24) is 4.98 Å². The number of benzene rings is 1. The minimum atomic E-state index is -0.469. The number of thiazole rings is 1. The molecule has 3 rings (SSSR count). The second-order valence-electron chi connectivity index (χ2n) is 4.93. The number of carbonyl (C=O) groups is 2. The second-order valence-corrected chi connectivity index (χ2v) is 5.93. The number of anilines is 1. The van der Waals surface area contributed by atoms with Crippen molar-refractivity contribution in [3.63, 3.8) is 0 Å². The Kier molecular flexibility index (Phi) is 4.43. The van der Waals surface area contributed by atoms with Crippen molar-refractivity contribution in [2.75, 3.05) is 12.4 Å². The number of carbonyl (C=O) groups excluding carboxylic acids is 2. The molecule has 0 fully saturated rings. The van der Waals surface area contributed by atoms with Crippen LogP contribution >= 0.6 is 11.3 Å². The summed E-state index contributed by atoms with van der Waals surface area (Å²) in [5, 5.41) is 3.93. The normalized spacial score (nSPS) is 11.1. The van der Waals surface area contributed by atoms with Gasteiger partial charge in [0, 0.05) is 11.5 Å². The van der Waals surface area contributed by atoms with Crippen LogP contribution in [0.2, 0.25) is 0 Å². The van der Waals surface area contributed by atoms with E-state index in [0.717, 1.165) is 22.3 Å². The number of nitrogens with zero attached hydrogens (tertiary/aromatic N) is 1. The highest BCUT2D eigenvalue weighted by Gasteiger charge is 2.16. The number of hydrogen-bond donors (Lipinski definition) is 1. The molecule has 3 aromatic rings. The Morgan fingerprint density at radius 1 is 1.33 bits per heavy atom. The third-order valence-electron chi connectivity index (χ3n) is 3.24. The Morgan fingerprint density at radius 3 is 2.88 bits per heavy atom. The van der Waals surface area contributed by atoms with Gasteiger partial charge in [-0.3, -0.25) is 10.1 Å². The highest BCUT2D eigenvalue weighted by atomic mass is 32.1. The average molecular weight is 342 g/mol. The van der Waals surface area contributed by atoms with E-state index in [1.165, 1.54) is 13.2 Å². The zero-order chi connectivity index (χ0) is 17.1. The van der Waals surface area contributed by atoms with Gasteiger partial charge in [-0.2, -0.15) is 0 Å². The van der Waals surface area contributed by atoms with Crippen LogP contribution < -0.4 is 5.32 Å². The molecule has 1 amide bonds. The fraction of sp³-hybridized carbons (Fsp3) is 0.118. The summed E-state index contributed by atoms with van der Waals surface area (Å²) in [6, 6.07) is 9.45. The molecule has 0 unspecified atom stereocenters. The highest BCUT2D eigenvalue weighted by Crippen LogP contribution is 2.23. The maximum absolute atomic E-state index is 12.0. The third kappa shape index (κ3) is 3.36. The lowest BCUT2D eigenvalue weighted by Crippen LogP contribution is -2.07. The summed E-state index contributed by atoms with van der Waals surface area (Å²) in [5.41, 5.74) is 1.28. The van der Waals surface area contributed by atoms with E-state index in [-0.39, 0.29) is 5.91 Å². The predicted octanol–water partition coefficient (Wildman–Crippen LogP) is 3.64. The lowest BCUT2D eigenvalue weighted by molar-refractivity contribution is -0.111. The second kappa shape index (κ2) is 6.67. The molecule has 0 bridgehead atoms. The summed E-state index contributed by atoms with van der Waals surface area (Å²) >= 11 is 1.07. The van der Waals surface area contributed by atoms with Gasteiger partial charge in [0.25, 0.3) is 0 Å². The van der Waals surface area contributed by atoms with E-state index in [2.05, 4.69) is 15.0 Å². The summed E-state index contributed by atoms with van der Waals surface area (Å²) in [6.07, 6.45) is 2.93. The van der Waals surface area contributed by atoms with Gasteiger partial charge in [-0.25, -0.2) is 9.78 Å². The summed E-state index contributed by atoms with van der Waals surface area (Å²) < 4.78 is 10.3. The van der Waals surface area contributed by atoms with Crippen molar-refractivity contribution in [1.29, 1.82) is 0 Å². The smallest absolute Gasteiger partial charge is 0.350 e. The summed E-state index contributed by atoms with van der Waals surface area (Å²) in [5.74, 6) is -0.249. The molecule has 1 aromatic carbocycles. The summed E-state index contributed by atoms with van der Waals surface area (Å²) in [4.78, 5) is 28.0. The lowest BCUT2D eigenvalue weighted by Gasteiger charge is -1.95. The van der Waals surface area contributed by atoms with E-state index < -0.39 is 5.97 Å². The van der Waals surface area contributed by atoms with Crippen LogP contribution in [-0.2, 0) is 9.53 Å². The van der Waals surface area contributed by atoms with Crippen molar-refractivity contribution in [3.05, 3.63) is 52.7 Å². The molecular formula is C17H14N2O4S. The number of nitrogens with one attached hydrogen (secondary N) is 1. The molecule has 0 aliphatic heterocycles. The van der Waals surface area contributed by atoms with Gasteiger partial charge in [0.1, 0.15) is 16.2 Å². The van der Waals surface area contributed by atoms with Crippen LogP contribution in [0, 0.1) is 6.92 Å². The minimum Gasteiger partial charge on any atom is -0.465 e. The van der Waals surface area contributed by atoms with Crippen LogP contribution in [0.5, 0.6) is 0 Å². The Balaban J connectivity index is 1.70. The molecule has 2 heterocycles. The standard InChI is InChI=1S/C17H14N2O4S/c1-10-15(16(21)22-2)24-17(18-10)19-14(20)8-7-12-9-11-5-3-4-6-13(11)23-12/h3-9H,1-2H3,(H,18,19,20)/b8-7+. The number of fused-ring (bicyclic) bond motifs is 1. The number of amides is 1. The Bertz CT molecular complexity index is 906. The molecule has 6 nitrogen and oxygen atoms in total. The molecule has 0 atom stereocenters. The number of esters is 1. The van der Waals surface area contributed by atoms with Gasteiger partial charge >= 0.3 is 5.97 Å². The van der Waals surface area contributed by atoms with Crippen molar-refractivity contribution in [3.8, 4) is 0 Å². The van der Waals surface area contributed by atoms with E-state index >= 15 is 0 Å². The van der Waals surface area contributed by atoms with Crippen LogP contribution in [0.15, 0.2) is 40.8 Å². The molecule has 0 aliphatic carbocycles. The maximum Gasteiger partial charge on any atom is 0.350 e. The maximum atomic E-state index is 12.0. The molecule has 1 N–H and O–H groups in total. The Morgan fingerprint density at radius 2 is 2.12 bits per heavy atom. The minimum absolute atomic E-state index is 0.340. The number of methoxy groups -OCH3 is 1. The highest BCUT2D eigenvalue weighted by molar-refractivity contribution is 7.17. The van der Waals surface area contributed by atoms with Gasteiger partial charge in [-0.15, -0.1) is 0 Å². The van der Waals surface area contributed by atoms with Gasteiger partial charge in [0.05, 0.1) is 12.8 Å². The fourth-order valence-electron chi connectivity index (χ4n) is 2.12. The van der Waals surface area contributed by atoms with E-state index in [4.69, 9.17) is 4.42 Å². The molecule has 24 heavy (non-hydrogen) atoms.